The monoisotopic (exact) mass is 670 g/mol. The summed E-state index contributed by atoms with van der Waals surface area (Å²) in [5.74, 6) is -1.44. The van der Waals surface area contributed by atoms with Crippen LogP contribution < -0.4 is 29.0 Å². The molecule has 1 unspecified atom stereocenters. The molecule has 2 fully saturated rings. The number of benzene rings is 2. The van der Waals surface area contributed by atoms with Crippen LogP contribution in [0.2, 0.25) is 0 Å². The number of hydrogen-bond acceptors (Lipinski definition) is 9. The molecule has 1 N–H and O–H groups in total. The number of amides is 1. The molecule has 256 valence electrons. The van der Waals surface area contributed by atoms with Gasteiger partial charge in [0.15, 0.2) is 17.3 Å². The summed E-state index contributed by atoms with van der Waals surface area (Å²) in [6, 6.07) is 5.79. The van der Waals surface area contributed by atoms with Crippen LogP contribution in [0.3, 0.4) is 0 Å². The number of carbonyl (C=O) groups is 1. The lowest BCUT2D eigenvalue weighted by Gasteiger charge is -2.41. The van der Waals surface area contributed by atoms with Crippen LogP contribution in [0.15, 0.2) is 30.3 Å². The second kappa shape index (κ2) is 11.3. The molecule has 15 heteroatoms. The molecular formula is C32H35F5N2O8. The normalized spacial score (nSPS) is 29.4. The zero-order valence-corrected chi connectivity index (χ0v) is 26.0. The Morgan fingerprint density at radius 3 is 2.43 bits per heavy atom. The van der Waals surface area contributed by atoms with Crippen LogP contribution in [-0.2, 0) is 19.7 Å². The van der Waals surface area contributed by atoms with E-state index in [0.717, 1.165) is 32.5 Å². The summed E-state index contributed by atoms with van der Waals surface area (Å²) >= 11 is 0. The molecule has 2 aromatic carbocycles. The van der Waals surface area contributed by atoms with Crippen LogP contribution >= 0.6 is 0 Å². The lowest BCUT2D eigenvalue weighted by molar-refractivity contribution is -0.286. The van der Waals surface area contributed by atoms with E-state index in [9.17, 15) is 26.7 Å². The van der Waals surface area contributed by atoms with Crippen molar-refractivity contribution in [2.45, 2.75) is 82.1 Å². The predicted octanol–water partition coefficient (Wildman–Crippen LogP) is 5.43. The quantitative estimate of drug-likeness (QED) is 0.404. The lowest BCUT2D eigenvalue weighted by atomic mass is 9.81. The Balaban J connectivity index is 1.09. The highest BCUT2D eigenvalue weighted by Crippen LogP contribution is 2.50. The first-order valence-electron chi connectivity index (χ1n) is 15.5. The molecule has 0 spiro atoms. The number of fused-ring (bicyclic) bond motifs is 3. The molecule has 0 radical (unpaired) electrons. The molecule has 1 amide bonds. The van der Waals surface area contributed by atoms with Crippen molar-refractivity contribution in [2.75, 3.05) is 32.8 Å². The smallest absolute Gasteiger partial charge is 0.492 e. The van der Waals surface area contributed by atoms with Gasteiger partial charge in [-0.15, -0.1) is 22.0 Å². The summed E-state index contributed by atoms with van der Waals surface area (Å²) in [4.78, 5) is 16.3. The van der Waals surface area contributed by atoms with Gasteiger partial charge in [0.05, 0.1) is 18.8 Å². The van der Waals surface area contributed by atoms with Crippen molar-refractivity contribution in [1.29, 1.82) is 0 Å². The number of ether oxygens (including phenoxy) is 7. The van der Waals surface area contributed by atoms with Crippen molar-refractivity contribution in [1.82, 2.24) is 10.2 Å². The van der Waals surface area contributed by atoms with E-state index >= 15 is 0 Å². The number of carbonyl (C=O) groups excluding carboxylic acids is 1. The van der Waals surface area contributed by atoms with E-state index in [4.69, 9.17) is 18.9 Å². The van der Waals surface area contributed by atoms with E-state index in [2.05, 4.69) is 24.4 Å². The van der Waals surface area contributed by atoms with E-state index in [-0.39, 0.29) is 41.6 Å². The van der Waals surface area contributed by atoms with Crippen LogP contribution in [0.1, 0.15) is 57.2 Å². The summed E-state index contributed by atoms with van der Waals surface area (Å²) < 4.78 is 104. The molecule has 5 heterocycles. The highest BCUT2D eigenvalue weighted by atomic mass is 19.4. The number of rotatable bonds is 6. The minimum atomic E-state index is -4.89. The summed E-state index contributed by atoms with van der Waals surface area (Å²) in [7, 11) is 0. The molecule has 2 saturated heterocycles. The zero-order chi connectivity index (χ0) is 33.4. The van der Waals surface area contributed by atoms with Crippen molar-refractivity contribution in [3.05, 3.63) is 41.5 Å². The Morgan fingerprint density at radius 1 is 1.02 bits per heavy atom. The predicted molar refractivity (Wildman–Crippen MR) is 153 cm³/mol. The molecule has 5 aliphatic rings. The van der Waals surface area contributed by atoms with Gasteiger partial charge in [0.1, 0.15) is 35.4 Å². The standard InChI is InChI=1S/C32H35F5N2O8/c1-29(2)42-15-19(44-29)14-39-8-6-17(7-9-39)23-12-22(20-5-4-18(10-24(20)43-23)45-31(33,34)35)38-28(40)30(3)16-41-25-13-27-26(11-21(25)30)46-32(36,37)47-27/h4-5,10-11,13,17,19,22-23H,6-9,12,14-16H2,1-3H3,(H,38,40)/t19-,22-,23-,30?/m0/s1. The zero-order valence-electron chi connectivity index (χ0n) is 26.0. The van der Waals surface area contributed by atoms with Gasteiger partial charge in [0.25, 0.3) is 0 Å². The maximum Gasteiger partial charge on any atom is 0.586 e. The molecule has 2 aromatic rings. The van der Waals surface area contributed by atoms with Crippen molar-refractivity contribution < 1.29 is 59.9 Å². The Morgan fingerprint density at radius 2 is 1.74 bits per heavy atom. The molecule has 47 heavy (non-hydrogen) atoms. The summed E-state index contributed by atoms with van der Waals surface area (Å²) in [5.41, 5.74) is -0.444. The van der Waals surface area contributed by atoms with Gasteiger partial charge in [-0.1, -0.05) is 0 Å². The number of halogens is 5. The molecule has 4 atom stereocenters. The Hall–Kier alpha value is -3.56. The molecular weight excluding hydrogens is 635 g/mol. The molecule has 0 saturated carbocycles. The minimum absolute atomic E-state index is 0.0336. The number of hydrogen-bond donors (Lipinski definition) is 1. The molecule has 10 nitrogen and oxygen atoms in total. The van der Waals surface area contributed by atoms with Gasteiger partial charge in [-0.05, 0) is 70.8 Å². The third-order valence-corrected chi connectivity index (χ3v) is 9.45. The average Bonchev–Trinajstić information content (AvgIpc) is 3.61. The number of alkyl halides is 5. The van der Waals surface area contributed by atoms with Gasteiger partial charge < -0.3 is 43.4 Å². The number of piperidine rings is 1. The first kappa shape index (κ1) is 32.0. The van der Waals surface area contributed by atoms with E-state index in [1.165, 1.54) is 30.3 Å². The highest BCUT2D eigenvalue weighted by Gasteiger charge is 2.50. The molecule has 0 aliphatic carbocycles. The number of likely N-dealkylation sites (tertiary alicyclic amines) is 1. The molecule has 0 aromatic heterocycles. The van der Waals surface area contributed by atoms with Gasteiger partial charge in [0, 0.05) is 36.2 Å². The van der Waals surface area contributed by atoms with Crippen LogP contribution in [-0.4, -0.2) is 74.3 Å². The fourth-order valence-electron chi connectivity index (χ4n) is 7.08. The van der Waals surface area contributed by atoms with E-state index < -0.39 is 47.7 Å². The summed E-state index contributed by atoms with van der Waals surface area (Å²) in [5, 5.41) is 3.06. The van der Waals surface area contributed by atoms with Crippen LogP contribution in [0.4, 0.5) is 22.0 Å². The first-order valence-corrected chi connectivity index (χ1v) is 15.5. The largest absolute Gasteiger partial charge is 0.586 e. The van der Waals surface area contributed by atoms with Gasteiger partial charge in [-0.2, -0.15) is 0 Å². The fraction of sp³-hybridized carbons (Fsp3) is 0.594. The van der Waals surface area contributed by atoms with Crippen molar-refractivity contribution in [3.8, 4) is 28.7 Å². The SMILES string of the molecule is CC1(C)OC[C@H](CN2CCC([C@@H]3C[C@H](NC(=O)C4(C)COc5cc6c(cc54)OC(F)(F)O6)c4ccc(OC(F)(F)F)cc4O3)CC2)O1. The Labute approximate surface area is 267 Å². The molecule has 5 aliphatic heterocycles. The molecule has 0 bridgehead atoms. The van der Waals surface area contributed by atoms with Gasteiger partial charge in [0.2, 0.25) is 5.91 Å². The molecule has 7 rings (SSSR count). The van der Waals surface area contributed by atoms with Crippen molar-refractivity contribution >= 4 is 5.91 Å². The van der Waals surface area contributed by atoms with E-state index in [1.54, 1.807) is 6.92 Å². The van der Waals surface area contributed by atoms with Crippen molar-refractivity contribution in [3.63, 3.8) is 0 Å². The average molecular weight is 671 g/mol. The summed E-state index contributed by atoms with van der Waals surface area (Å²) in [6.45, 7) is 8.10. The lowest BCUT2D eigenvalue weighted by Crippen LogP contribution is -2.48. The number of nitrogens with zero attached hydrogens (tertiary/aromatic N) is 1. The van der Waals surface area contributed by atoms with Crippen molar-refractivity contribution in [2.24, 2.45) is 5.92 Å². The topological polar surface area (TPSA) is 97.0 Å². The van der Waals surface area contributed by atoms with Crippen LogP contribution in [0.25, 0.3) is 0 Å². The van der Waals surface area contributed by atoms with Crippen LogP contribution in [0, 0.1) is 5.92 Å². The van der Waals surface area contributed by atoms with Gasteiger partial charge in [-0.25, -0.2) is 0 Å². The fourth-order valence-corrected chi connectivity index (χ4v) is 7.08. The van der Waals surface area contributed by atoms with Gasteiger partial charge in [-0.3, -0.25) is 4.79 Å². The van der Waals surface area contributed by atoms with Gasteiger partial charge >= 0.3 is 12.7 Å². The second-order valence-corrected chi connectivity index (χ2v) is 13.3. The van der Waals surface area contributed by atoms with E-state index in [1.807, 2.05) is 13.8 Å². The van der Waals surface area contributed by atoms with E-state index in [0.29, 0.717) is 24.2 Å². The highest BCUT2D eigenvalue weighted by molar-refractivity contribution is 5.90. The Kier molecular flexibility index (Phi) is 7.67. The Bertz CT molecular complexity index is 1550. The summed E-state index contributed by atoms with van der Waals surface area (Å²) in [6.07, 6.45) is -7.26. The maximum absolute atomic E-state index is 14.0. The first-order chi connectivity index (χ1) is 22.1. The third-order valence-electron chi connectivity index (χ3n) is 9.45. The minimum Gasteiger partial charge on any atom is -0.492 e. The third kappa shape index (κ3) is 6.49. The van der Waals surface area contributed by atoms with Crippen LogP contribution in [0.5, 0.6) is 28.7 Å². The second-order valence-electron chi connectivity index (χ2n) is 13.3. The number of nitrogens with one attached hydrogen (secondary N) is 1. The maximum atomic E-state index is 14.0.